The van der Waals surface area contributed by atoms with Gasteiger partial charge in [-0.25, -0.2) is 19.2 Å². The summed E-state index contributed by atoms with van der Waals surface area (Å²) in [6.45, 7) is -0.470. The van der Waals surface area contributed by atoms with Crippen molar-refractivity contribution in [3.05, 3.63) is 42.5 Å². The monoisotopic (exact) mass is 248 g/mol. The van der Waals surface area contributed by atoms with E-state index in [4.69, 9.17) is 9.84 Å². The first kappa shape index (κ1) is 12.0. The molecule has 92 valence electrons. The Bertz CT molecular complexity index is 558. The molecular formula is C12H9FN2O3. The number of rotatable bonds is 4. The van der Waals surface area contributed by atoms with Crippen LogP contribution < -0.4 is 4.74 Å². The first-order valence-corrected chi connectivity index (χ1v) is 5.08. The van der Waals surface area contributed by atoms with Gasteiger partial charge < -0.3 is 9.84 Å². The van der Waals surface area contributed by atoms with Crippen LogP contribution in [0.15, 0.2) is 36.7 Å². The summed E-state index contributed by atoms with van der Waals surface area (Å²) in [7, 11) is 0. The lowest BCUT2D eigenvalue weighted by molar-refractivity contribution is -0.139. The van der Waals surface area contributed by atoms with Crippen LogP contribution in [0.2, 0.25) is 0 Å². The molecule has 0 fully saturated rings. The van der Waals surface area contributed by atoms with Gasteiger partial charge in [-0.05, 0) is 12.1 Å². The Labute approximate surface area is 102 Å². The van der Waals surface area contributed by atoms with Gasteiger partial charge in [-0.2, -0.15) is 0 Å². The van der Waals surface area contributed by atoms with E-state index in [1.54, 1.807) is 18.2 Å². The van der Waals surface area contributed by atoms with Crippen LogP contribution in [0.1, 0.15) is 0 Å². The molecule has 1 heterocycles. The maximum atomic E-state index is 13.4. The standard InChI is InChI=1S/C12H9FN2O3/c13-10-4-2-1-3-9(10)12-14-5-8(6-15-12)18-7-11(16)17/h1-6H,7H2,(H,16,17). The van der Waals surface area contributed by atoms with Gasteiger partial charge in [0.25, 0.3) is 0 Å². The van der Waals surface area contributed by atoms with Gasteiger partial charge in [-0.15, -0.1) is 0 Å². The number of halogens is 1. The van der Waals surface area contributed by atoms with Gasteiger partial charge in [0.1, 0.15) is 5.82 Å². The van der Waals surface area contributed by atoms with Crippen molar-refractivity contribution < 1.29 is 19.0 Å². The van der Waals surface area contributed by atoms with E-state index < -0.39 is 18.4 Å². The van der Waals surface area contributed by atoms with E-state index in [1.807, 2.05) is 0 Å². The van der Waals surface area contributed by atoms with Crippen LogP contribution >= 0.6 is 0 Å². The second-order valence-corrected chi connectivity index (χ2v) is 3.40. The molecule has 18 heavy (non-hydrogen) atoms. The third-order valence-corrected chi connectivity index (χ3v) is 2.11. The Morgan fingerprint density at radius 1 is 1.28 bits per heavy atom. The maximum Gasteiger partial charge on any atom is 0.341 e. The van der Waals surface area contributed by atoms with Gasteiger partial charge in [0.2, 0.25) is 0 Å². The first-order chi connectivity index (χ1) is 8.66. The predicted octanol–water partition coefficient (Wildman–Crippen LogP) is 1.75. The Kier molecular flexibility index (Phi) is 3.47. The van der Waals surface area contributed by atoms with Gasteiger partial charge in [0.15, 0.2) is 18.2 Å². The molecule has 2 aromatic rings. The number of benzene rings is 1. The Morgan fingerprint density at radius 2 is 1.94 bits per heavy atom. The topological polar surface area (TPSA) is 72.3 Å². The third-order valence-electron chi connectivity index (χ3n) is 2.11. The summed E-state index contributed by atoms with van der Waals surface area (Å²) in [4.78, 5) is 18.1. The van der Waals surface area contributed by atoms with Crippen molar-refractivity contribution in [3.8, 4) is 17.1 Å². The molecule has 0 aliphatic rings. The normalized spacial score (nSPS) is 10.1. The Balaban J connectivity index is 2.17. The molecule has 0 aliphatic heterocycles. The van der Waals surface area contributed by atoms with Gasteiger partial charge in [-0.3, -0.25) is 0 Å². The van der Waals surface area contributed by atoms with E-state index in [2.05, 4.69) is 9.97 Å². The summed E-state index contributed by atoms with van der Waals surface area (Å²) in [5.41, 5.74) is 0.280. The van der Waals surface area contributed by atoms with Crippen LogP contribution in [0.3, 0.4) is 0 Å². The number of nitrogens with zero attached hydrogens (tertiary/aromatic N) is 2. The lowest BCUT2D eigenvalue weighted by Gasteiger charge is -2.04. The minimum Gasteiger partial charge on any atom is -0.479 e. The van der Waals surface area contributed by atoms with Crippen molar-refractivity contribution in [2.45, 2.75) is 0 Å². The van der Waals surface area contributed by atoms with Crippen LogP contribution in [-0.4, -0.2) is 27.7 Å². The predicted molar refractivity (Wildman–Crippen MR) is 60.6 cm³/mol. The van der Waals surface area contributed by atoms with E-state index in [1.165, 1.54) is 18.5 Å². The number of carbonyl (C=O) groups is 1. The quantitative estimate of drug-likeness (QED) is 0.892. The summed E-state index contributed by atoms with van der Waals surface area (Å²) < 4.78 is 18.3. The molecule has 5 nitrogen and oxygen atoms in total. The minimum atomic E-state index is -1.09. The zero-order valence-electron chi connectivity index (χ0n) is 9.21. The molecule has 0 saturated heterocycles. The van der Waals surface area contributed by atoms with E-state index >= 15 is 0 Å². The fraction of sp³-hybridized carbons (Fsp3) is 0.0833. The average Bonchev–Trinajstić information content (AvgIpc) is 2.38. The van der Waals surface area contributed by atoms with E-state index in [0.717, 1.165) is 0 Å². The Hall–Kier alpha value is -2.50. The molecule has 0 amide bonds. The molecule has 0 unspecified atom stereocenters. The van der Waals surface area contributed by atoms with E-state index in [0.29, 0.717) is 0 Å². The van der Waals surface area contributed by atoms with Crippen LogP contribution in [0, 0.1) is 5.82 Å². The van der Waals surface area contributed by atoms with Crippen molar-refractivity contribution in [2.24, 2.45) is 0 Å². The third kappa shape index (κ3) is 2.79. The van der Waals surface area contributed by atoms with Gasteiger partial charge in [-0.1, -0.05) is 12.1 Å². The van der Waals surface area contributed by atoms with Crippen molar-refractivity contribution in [3.63, 3.8) is 0 Å². The average molecular weight is 248 g/mol. The van der Waals surface area contributed by atoms with Crippen molar-refractivity contribution >= 4 is 5.97 Å². The fourth-order valence-corrected chi connectivity index (χ4v) is 1.32. The Morgan fingerprint density at radius 3 is 2.56 bits per heavy atom. The molecule has 0 atom stereocenters. The second kappa shape index (κ2) is 5.22. The van der Waals surface area contributed by atoms with E-state index in [9.17, 15) is 9.18 Å². The zero-order valence-corrected chi connectivity index (χ0v) is 9.21. The highest BCUT2D eigenvalue weighted by Crippen LogP contribution is 2.19. The van der Waals surface area contributed by atoms with Gasteiger partial charge >= 0.3 is 5.97 Å². The molecular weight excluding hydrogens is 239 g/mol. The van der Waals surface area contributed by atoms with Gasteiger partial charge in [0.05, 0.1) is 18.0 Å². The van der Waals surface area contributed by atoms with Crippen LogP contribution in [0.4, 0.5) is 4.39 Å². The van der Waals surface area contributed by atoms with Crippen molar-refractivity contribution in [1.29, 1.82) is 0 Å². The molecule has 0 saturated carbocycles. The molecule has 0 radical (unpaired) electrons. The molecule has 6 heteroatoms. The summed E-state index contributed by atoms with van der Waals surface area (Å²) >= 11 is 0. The van der Waals surface area contributed by atoms with Gasteiger partial charge in [0, 0.05) is 0 Å². The minimum absolute atomic E-state index is 0.218. The lowest BCUT2D eigenvalue weighted by atomic mass is 10.2. The highest BCUT2D eigenvalue weighted by Gasteiger charge is 2.07. The second-order valence-electron chi connectivity index (χ2n) is 3.40. The molecule has 0 spiro atoms. The van der Waals surface area contributed by atoms with Crippen LogP contribution in [0.5, 0.6) is 5.75 Å². The molecule has 1 N–H and O–H groups in total. The summed E-state index contributed by atoms with van der Waals surface area (Å²) in [5, 5.41) is 8.43. The summed E-state index contributed by atoms with van der Waals surface area (Å²) in [6, 6.07) is 6.12. The van der Waals surface area contributed by atoms with E-state index in [-0.39, 0.29) is 17.1 Å². The van der Waals surface area contributed by atoms with Crippen molar-refractivity contribution in [2.75, 3.05) is 6.61 Å². The molecule has 0 aliphatic carbocycles. The first-order valence-electron chi connectivity index (χ1n) is 5.08. The van der Waals surface area contributed by atoms with Crippen LogP contribution in [0.25, 0.3) is 11.4 Å². The molecule has 2 rings (SSSR count). The lowest BCUT2D eigenvalue weighted by Crippen LogP contribution is -2.09. The number of ether oxygens (including phenoxy) is 1. The maximum absolute atomic E-state index is 13.4. The van der Waals surface area contributed by atoms with Crippen LogP contribution in [-0.2, 0) is 4.79 Å². The summed E-state index contributed by atoms with van der Waals surface area (Å²) in [5.74, 6) is -1.07. The number of hydrogen-bond acceptors (Lipinski definition) is 4. The molecule has 1 aromatic heterocycles. The largest absolute Gasteiger partial charge is 0.479 e. The highest BCUT2D eigenvalue weighted by atomic mass is 19.1. The molecule has 1 aromatic carbocycles. The number of aliphatic carboxylic acids is 1. The molecule has 0 bridgehead atoms. The smallest absolute Gasteiger partial charge is 0.341 e. The number of carboxylic acid groups (broad SMARTS) is 1. The fourth-order valence-electron chi connectivity index (χ4n) is 1.32. The van der Waals surface area contributed by atoms with Crippen molar-refractivity contribution in [1.82, 2.24) is 9.97 Å². The number of carboxylic acids is 1. The number of hydrogen-bond donors (Lipinski definition) is 1. The SMILES string of the molecule is O=C(O)COc1cnc(-c2ccccc2F)nc1. The summed E-state index contributed by atoms with van der Waals surface area (Å²) in [6.07, 6.45) is 2.61. The zero-order chi connectivity index (χ0) is 13.0. The number of aromatic nitrogens is 2. The highest BCUT2D eigenvalue weighted by molar-refractivity contribution is 5.68.